The summed E-state index contributed by atoms with van der Waals surface area (Å²) in [6.45, 7) is 4.10. The van der Waals surface area contributed by atoms with Crippen LogP contribution in [-0.2, 0) is 17.6 Å². The number of rotatable bonds is 6. The Morgan fingerprint density at radius 3 is 2.47 bits per heavy atom. The van der Waals surface area contributed by atoms with Crippen molar-refractivity contribution in [1.29, 1.82) is 0 Å². The summed E-state index contributed by atoms with van der Waals surface area (Å²) in [4.78, 5) is 19.3. The third kappa shape index (κ3) is 5.47. The van der Waals surface area contributed by atoms with Gasteiger partial charge in [0.05, 0.1) is 18.3 Å². The maximum absolute atomic E-state index is 12.3. The van der Waals surface area contributed by atoms with Crippen molar-refractivity contribution in [3.8, 4) is 0 Å². The maximum Gasteiger partial charge on any atom is 0.228 e. The average molecular weight is 400 g/mol. The predicted octanol–water partition coefficient (Wildman–Crippen LogP) is 5.03. The third-order valence-corrected chi connectivity index (χ3v) is 5.78. The van der Waals surface area contributed by atoms with Gasteiger partial charge < -0.3 is 10.2 Å². The molecule has 1 amide bonds. The maximum atomic E-state index is 12.3. The molecule has 4 heteroatoms. The van der Waals surface area contributed by atoms with Gasteiger partial charge >= 0.3 is 0 Å². The largest absolute Gasteiger partial charge is 0.357 e. The number of hydrogen-bond acceptors (Lipinski definition) is 3. The van der Waals surface area contributed by atoms with Gasteiger partial charge in [0, 0.05) is 13.1 Å². The van der Waals surface area contributed by atoms with Crippen LogP contribution in [-0.4, -0.2) is 24.0 Å². The highest BCUT2D eigenvalue weighted by molar-refractivity contribution is 5.92. The molecule has 0 unspecified atom stereocenters. The predicted molar refractivity (Wildman–Crippen MR) is 123 cm³/mol. The number of pyridine rings is 1. The van der Waals surface area contributed by atoms with E-state index in [2.05, 4.69) is 45.5 Å². The van der Waals surface area contributed by atoms with Crippen molar-refractivity contribution in [3.63, 3.8) is 0 Å². The number of nitrogens with one attached hydrogen (secondary N) is 1. The molecule has 0 saturated carbocycles. The van der Waals surface area contributed by atoms with Crippen molar-refractivity contribution in [3.05, 3.63) is 89.6 Å². The molecule has 2 heterocycles. The van der Waals surface area contributed by atoms with E-state index in [9.17, 15) is 4.79 Å². The minimum Gasteiger partial charge on any atom is -0.357 e. The van der Waals surface area contributed by atoms with Gasteiger partial charge in [-0.05, 0) is 55.4 Å². The van der Waals surface area contributed by atoms with Crippen molar-refractivity contribution in [2.24, 2.45) is 5.92 Å². The average Bonchev–Trinajstić information content (AvgIpc) is 2.76. The molecule has 1 fully saturated rings. The Morgan fingerprint density at radius 1 is 1.00 bits per heavy atom. The Balaban J connectivity index is 1.27. The van der Waals surface area contributed by atoms with Crippen LogP contribution >= 0.6 is 0 Å². The number of nitrogens with zero attached hydrogens (tertiary/aromatic N) is 2. The van der Waals surface area contributed by atoms with Crippen molar-refractivity contribution < 1.29 is 4.79 Å². The second-order valence-electron chi connectivity index (χ2n) is 8.24. The van der Waals surface area contributed by atoms with Gasteiger partial charge in [0.1, 0.15) is 5.82 Å². The summed E-state index contributed by atoms with van der Waals surface area (Å²) in [6, 6.07) is 22.8. The standard InChI is InChI=1S/C26H29N3O/c1-20-6-5-9-23(16-20)18-26(30)28-24-10-11-25(27-19-24)29-14-12-22(13-15-29)17-21-7-3-2-4-8-21/h2-11,16,19,22H,12-15,17-18H2,1H3,(H,28,30). The molecule has 0 atom stereocenters. The van der Waals surface area contributed by atoms with Crippen LogP contribution < -0.4 is 10.2 Å². The Bertz CT molecular complexity index is 961. The first-order valence-electron chi connectivity index (χ1n) is 10.8. The van der Waals surface area contributed by atoms with Gasteiger partial charge in [-0.25, -0.2) is 4.98 Å². The SMILES string of the molecule is Cc1cccc(CC(=O)Nc2ccc(N3CCC(Cc4ccccc4)CC3)nc2)c1. The highest BCUT2D eigenvalue weighted by atomic mass is 16.1. The molecule has 1 aliphatic rings. The summed E-state index contributed by atoms with van der Waals surface area (Å²) >= 11 is 0. The molecule has 1 aliphatic heterocycles. The first-order chi connectivity index (χ1) is 14.7. The van der Waals surface area contributed by atoms with E-state index < -0.39 is 0 Å². The minimum atomic E-state index is -0.0168. The fourth-order valence-electron chi connectivity index (χ4n) is 4.17. The lowest BCUT2D eigenvalue weighted by atomic mass is 9.90. The number of amides is 1. The van der Waals surface area contributed by atoms with Crippen LogP contribution in [0.1, 0.15) is 29.5 Å². The van der Waals surface area contributed by atoms with Crippen LogP contribution in [0.25, 0.3) is 0 Å². The molecule has 0 bridgehead atoms. The van der Waals surface area contributed by atoms with Gasteiger partial charge in [-0.1, -0.05) is 60.2 Å². The number of carbonyl (C=O) groups excluding carboxylic acids is 1. The summed E-state index contributed by atoms with van der Waals surface area (Å²) in [7, 11) is 0. The van der Waals surface area contributed by atoms with E-state index in [-0.39, 0.29) is 5.91 Å². The van der Waals surface area contributed by atoms with Gasteiger partial charge in [-0.15, -0.1) is 0 Å². The zero-order chi connectivity index (χ0) is 20.8. The van der Waals surface area contributed by atoms with Gasteiger partial charge in [-0.2, -0.15) is 0 Å². The summed E-state index contributed by atoms with van der Waals surface area (Å²) in [5.41, 5.74) is 4.37. The Kier molecular flexibility index (Phi) is 6.43. The van der Waals surface area contributed by atoms with Gasteiger partial charge in [0.2, 0.25) is 5.91 Å². The zero-order valence-corrected chi connectivity index (χ0v) is 17.6. The molecule has 154 valence electrons. The van der Waals surface area contributed by atoms with Crippen LogP contribution in [0.3, 0.4) is 0 Å². The highest BCUT2D eigenvalue weighted by Gasteiger charge is 2.20. The van der Waals surface area contributed by atoms with E-state index >= 15 is 0 Å². The number of carbonyl (C=O) groups is 1. The van der Waals surface area contributed by atoms with Crippen LogP contribution in [0.4, 0.5) is 11.5 Å². The monoisotopic (exact) mass is 399 g/mol. The Morgan fingerprint density at radius 2 is 1.77 bits per heavy atom. The van der Waals surface area contributed by atoms with E-state index in [1.807, 2.05) is 43.3 Å². The van der Waals surface area contributed by atoms with Gasteiger partial charge in [0.15, 0.2) is 0 Å². The molecule has 1 N–H and O–H groups in total. The Hall–Kier alpha value is -3.14. The van der Waals surface area contributed by atoms with Crippen LogP contribution in [0.2, 0.25) is 0 Å². The molecular weight excluding hydrogens is 370 g/mol. The molecule has 0 aliphatic carbocycles. The molecule has 2 aromatic carbocycles. The summed E-state index contributed by atoms with van der Waals surface area (Å²) < 4.78 is 0. The van der Waals surface area contributed by atoms with E-state index in [4.69, 9.17) is 0 Å². The van der Waals surface area contributed by atoms with Crippen LogP contribution in [0, 0.1) is 12.8 Å². The number of benzene rings is 2. The molecule has 1 aromatic heterocycles. The lowest BCUT2D eigenvalue weighted by Crippen LogP contribution is -2.34. The molecule has 30 heavy (non-hydrogen) atoms. The number of piperidine rings is 1. The third-order valence-electron chi connectivity index (χ3n) is 5.78. The molecule has 4 rings (SSSR count). The van der Waals surface area contributed by atoms with Crippen molar-refractivity contribution in [1.82, 2.24) is 4.98 Å². The van der Waals surface area contributed by atoms with Gasteiger partial charge in [-0.3, -0.25) is 4.79 Å². The van der Waals surface area contributed by atoms with E-state index in [0.29, 0.717) is 6.42 Å². The Labute approximate surface area is 179 Å². The molecule has 1 saturated heterocycles. The second-order valence-corrected chi connectivity index (χ2v) is 8.24. The minimum absolute atomic E-state index is 0.0168. The molecular formula is C26H29N3O. The van der Waals surface area contributed by atoms with Gasteiger partial charge in [0.25, 0.3) is 0 Å². The number of aromatic nitrogens is 1. The lowest BCUT2D eigenvalue weighted by Gasteiger charge is -2.33. The molecule has 3 aromatic rings. The van der Waals surface area contributed by atoms with Crippen molar-refractivity contribution >= 4 is 17.4 Å². The number of aryl methyl sites for hydroxylation is 1. The first-order valence-corrected chi connectivity index (χ1v) is 10.8. The highest BCUT2D eigenvalue weighted by Crippen LogP contribution is 2.25. The zero-order valence-electron chi connectivity index (χ0n) is 17.6. The number of anilines is 2. The van der Waals surface area contributed by atoms with Crippen molar-refractivity contribution in [2.75, 3.05) is 23.3 Å². The first kappa shape index (κ1) is 20.1. The molecule has 0 radical (unpaired) electrons. The second kappa shape index (κ2) is 9.57. The normalized spacial score (nSPS) is 14.5. The quantitative estimate of drug-likeness (QED) is 0.632. The lowest BCUT2D eigenvalue weighted by molar-refractivity contribution is -0.115. The summed E-state index contributed by atoms with van der Waals surface area (Å²) in [5, 5.41) is 2.95. The topological polar surface area (TPSA) is 45.2 Å². The van der Waals surface area contributed by atoms with E-state index in [0.717, 1.165) is 42.5 Å². The smallest absolute Gasteiger partial charge is 0.228 e. The van der Waals surface area contributed by atoms with Crippen molar-refractivity contribution in [2.45, 2.75) is 32.6 Å². The summed E-state index contributed by atoms with van der Waals surface area (Å²) in [5.74, 6) is 1.71. The van der Waals surface area contributed by atoms with Crippen LogP contribution in [0.15, 0.2) is 72.9 Å². The number of hydrogen-bond donors (Lipinski definition) is 1. The van der Waals surface area contributed by atoms with E-state index in [1.165, 1.54) is 24.0 Å². The fraction of sp³-hybridized carbons (Fsp3) is 0.308. The summed E-state index contributed by atoms with van der Waals surface area (Å²) in [6.07, 6.45) is 5.67. The van der Waals surface area contributed by atoms with E-state index in [1.54, 1.807) is 6.20 Å². The van der Waals surface area contributed by atoms with Crippen LogP contribution in [0.5, 0.6) is 0 Å². The molecule has 0 spiro atoms. The molecule has 4 nitrogen and oxygen atoms in total. The fourth-order valence-corrected chi connectivity index (χ4v) is 4.17.